The van der Waals surface area contributed by atoms with Gasteiger partial charge in [0.15, 0.2) is 0 Å². The Morgan fingerprint density at radius 3 is 2.17 bits per heavy atom. The zero-order valence-corrected chi connectivity index (χ0v) is 10.6. The number of nitriles is 1. The molecule has 4 bridgehead atoms. The summed E-state index contributed by atoms with van der Waals surface area (Å²) in [5.41, 5.74) is 1.80. The molecule has 3 heteroatoms. The summed E-state index contributed by atoms with van der Waals surface area (Å²) >= 11 is 0. The molecule has 4 aliphatic carbocycles. The molecule has 4 saturated carbocycles. The van der Waals surface area contributed by atoms with Crippen LogP contribution in [0.4, 0.5) is 0 Å². The number of allylic oxidation sites excluding steroid dienone is 1. The molecule has 0 atom stereocenters. The van der Waals surface area contributed by atoms with Gasteiger partial charge < -0.3 is 5.11 Å². The molecule has 4 aliphatic rings. The molecule has 0 aromatic heterocycles. The zero-order valence-electron chi connectivity index (χ0n) is 10.6. The molecule has 96 valence electrons. The Morgan fingerprint density at radius 1 is 1.17 bits per heavy atom. The van der Waals surface area contributed by atoms with Gasteiger partial charge in [-0.05, 0) is 62.2 Å². The standard InChI is InChI=1S/C15H19NO2/c16-3-1-2-13(15(17)18)14-11-5-9-4-10(7-11)8-12(14)6-9/h9-12H,1-2,4-8H2,(H,17,18). The highest BCUT2D eigenvalue weighted by Crippen LogP contribution is 2.57. The van der Waals surface area contributed by atoms with Crippen molar-refractivity contribution in [1.29, 1.82) is 5.26 Å². The molecular weight excluding hydrogens is 226 g/mol. The third-order valence-corrected chi connectivity index (χ3v) is 5.11. The lowest BCUT2D eigenvalue weighted by Gasteiger charge is -2.52. The molecule has 0 spiro atoms. The summed E-state index contributed by atoms with van der Waals surface area (Å²) in [6.07, 6.45) is 6.94. The lowest BCUT2D eigenvalue weighted by atomic mass is 9.53. The van der Waals surface area contributed by atoms with Crippen LogP contribution in [0.3, 0.4) is 0 Å². The quantitative estimate of drug-likeness (QED) is 0.777. The van der Waals surface area contributed by atoms with Crippen LogP contribution in [0.15, 0.2) is 11.1 Å². The van der Waals surface area contributed by atoms with Crippen molar-refractivity contribution in [3.8, 4) is 6.07 Å². The van der Waals surface area contributed by atoms with E-state index in [-0.39, 0.29) is 0 Å². The van der Waals surface area contributed by atoms with Crippen LogP contribution in [0.5, 0.6) is 0 Å². The van der Waals surface area contributed by atoms with E-state index in [0.29, 0.717) is 30.3 Å². The van der Waals surface area contributed by atoms with Gasteiger partial charge in [0.2, 0.25) is 0 Å². The minimum atomic E-state index is -0.785. The average molecular weight is 245 g/mol. The molecule has 0 heterocycles. The second-order valence-electron chi connectivity index (χ2n) is 6.20. The van der Waals surface area contributed by atoms with Gasteiger partial charge in [0.25, 0.3) is 0 Å². The van der Waals surface area contributed by atoms with Gasteiger partial charge in [-0.1, -0.05) is 5.57 Å². The van der Waals surface area contributed by atoms with E-state index >= 15 is 0 Å². The van der Waals surface area contributed by atoms with Crippen molar-refractivity contribution >= 4 is 5.97 Å². The maximum Gasteiger partial charge on any atom is 0.331 e. The molecular formula is C15H19NO2. The number of aliphatic carboxylic acids is 1. The predicted molar refractivity (Wildman–Crippen MR) is 66.6 cm³/mol. The smallest absolute Gasteiger partial charge is 0.331 e. The zero-order chi connectivity index (χ0) is 12.7. The number of carbonyl (C=O) groups is 1. The summed E-state index contributed by atoms with van der Waals surface area (Å²) in [5.74, 6) is 1.95. The monoisotopic (exact) mass is 245 g/mol. The second kappa shape index (κ2) is 4.42. The Balaban J connectivity index is 1.93. The first kappa shape index (κ1) is 11.8. The van der Waals surface area contributed by atoms with E-state index in [1.54, 1.807) is 0 Å². The number of nitrogens with zero attached hydrogens (tertiary/aromatic N) is 1. The highest BCUT2D eigenvalue weighted by atomic mass is 16.4. The number of carboxylic acid groups (broad SMARTS) is 1. The van der Waals surface area contributed by atoms with Crippen LogP contribution in [-0.4, -0.2) is 11.1 Å². The number of hydrogen-bond donors (Lipinski definition) is 1. The van der Waals surface area contributed by atoms with E-state index in [9.17, 15) is 9.90 Å². The highest BCUT2D eigenvalue weighted by molar-refractivity contribution is 5.87. The SMILES string of the molecule is N#CCCC(C(=O)O)=C1C2CC3CC(C2)CC1C3. The van der Waals surface area contributed by atoms with Crippen LogP contribution in [-0.2, 0) is 4.79 Å². The molecule has 18 heavy (non-hydrogen) atoms. The first-order valence-electron chi connectivity index (χ1n) is 7.02. The van der Waals surface area contributed by atoms with Gasteiger partial charge in [-0.25, -0.2) is 4.79 Å². The molecule has 0 amide bonds. The summed E-state index contributed by atoms with van der Waals surface area (Å²) in [5, 5.41) is 18.1. The van der Waals surface area contributed by atoms with Crippen LogP contribution in [0, 0.1) is 35.0 Å². The molecule has 0 aromatic rings. The van der Waals surface area contributed by atoms with Gasteiger partial charge in [0, 0.05) is 12.0 Å². The van der Waals surface area contributed by atoms with E-state index in [1.807, 2.05) is 0 Å². The van der Waals surface area contributed by atoms with Crippen LogP contribution < -0.4 is 0 Å². The van der Waals surface area contributed by atoms with Crippen molar-refractivity contribution in [1.82, 2.24) is 0 Å². The van der Waals surface area contributed by atoms with Crippen LogP contribution >= 0.6 is 0 Å². The maximum atomic E-state index is 11.5. The molecule has 3 nitrogen and oxygen atoms in total. The van der Waals surface area contributed by atoms with Crippen molar-refractivity contribution in [2.45, 2.75) is 44.9 Å². The Hall–Kier alpha value is -1.30. The normalized spacial score (nSPS) is 36.5. The van der Waals surface area contributed by atoms with Crippen molar-refractivity contribution in [3.05, 3.63) is 11.1 Å². The average Bonchev–Trinajstić information content (AvgIpc) is 2.31. The number of hydrogen-bond acceptors (Lipinski definition) is 2. The Bertz CT molecular complexity index is 414. The topological polar surface area (TPSA) is 61.1 Å². The minimum Gasteiger partial charge on any atom is -0.478 e. The lowest BCUT2D eigenvalue weighted by molar-refractivity contribution is -0.133. The third kappa shape index (κ3) is 1.84. The molecule has 0 radical (unpaired) electrons. The summed E-state index contributed by atoms with van der Waals surface area (Å²) in [7, 11) is 0. The van der Waals surface area contributed by atoms with Gasteiger partial charge in [-0.15, -0.1) is 0 Å². The van der Waals surface area contributed by atoms with Crippen LogP contribution in [0.2, 0.25) is 0 Å². The largest absolute Gasteiger partial charge is 0.478 e. The van der Waals surface area contributed by atoms with Crippen LogP contribution in [0.1, 0.15) is 44.9 Å². The predicted octanol–water partition coefficient (Wildman–Crippen LogP) is 3.13. The fourth-order valence-electron chi connectivity index (χ4n) is 4.74. The Kier molecular flexibility index (Phi) is 2.89. The van der Waals surface area contributed by atoms with Crippen molar-refractivity contribution in [3.63, 3.8) is 0 Å². The van der Waals surface area contributed by atoms with E-state index in [4.69, 9.17) is 5.26 Å². The van der Waals surface area contributed by atoms with E-state index < -0.39 is 5.97 Å². The van der Waals surface area contributed by atoms with E-state index in [1.165, 1.54) is 37.7 Å². The van der Waals surface area contributed by atoms with Gasteiger partial charge >= 0.3 is 5.97 Å². The fourth-order valence-corrected chi connectivity index (χ4v) is 4.74. The van der Waals surface area contributed by atoms with Crippen LogP contribution in [0.25, 0.3) is 0 Å². The minimum absolute atomic E-state index is 0.331. The highest BCUT2D eigenvalue weighted by Gasteiger charge is 2.46. The molecule has 0 aromatic carbocycles. The molecule has 1 N–H and O–H groups in total. The molecule has 0 saturated heterocycles. The molecule has 0 aliphatic heterocycles. The molecule has 4 rings (SSSR count). The first-order chi connectivity index (χ1) is 8.69. The van der Waals surface area contributed by atoms with Crippen molar-refractivity contribution in [2.75, 3.05) is 0 Å². The second-order valence-corrected chi connectivity index (χ2v) is 6.20. The van der Waals surface area contributed by atoms with E-state index in [2.05, 4.69) is 6.07 Å². The van der Waals surface area contributed by atoms with Gasteiger partial charge in [0.05, 0.1) is 6.07 Å². The Labute approximate surface area is 107 Å². The van der Waals surface area contributed by atoms with Gasteiger partial charge in [-0.3, -0.25) is 0 Å². The van der Waals surface area contributed by atoms with Gasteiger partial charge in [-0.2, -0.15) is 5.26 Å². The summed E-state index contributed by atoms with van der Waals surface area (Å²) in [4.78, 5) is 11.5. The molecule has 0 unspecified atom stereocenters. The maximum absolute atomic E-state index is 11.5. The number of carboxylic acids is 1. The fraction of sp³-hybridized carbons (Fsp3) is 0.733. The summed E-state index contributed by atoms with van der Waals surface area (Å²) in [6, 6.07) is 2.08. The van der Waals surface area contributed by atoms with Crippen molar-refractivity contribution < 1.29 is 9.90 Å². The molecule has 4 fully saturated rings. The number of rotatable bonds is 3. The lowest BCUT2D eigenvalue weighted by Crippen LogP contribution is -2.41. The van der Waals surface area contributed by atoms with E-state index in [0.717, 1.165) is 11.8 Å². The Morgan fingerprint density at radius 2 is 1.72 bits per heavy atom. The first-order valence-corrected chi connectivity index (χ1v) is 7.02. The summed E-state index contributed by atoms with van der Waals surface area (Å²) in [6.45, 7) is 0. The van der Waals surface area contributed by atoms with Gasteiger partial charge in [0.1, 0.15) is 0 Å². The summed E-state index contributed by atoms with van der Waals surface area (Å²) < 4.78 is 0. The van der Waals surface area contributed by atoms with Crippen molar-refractivity contribution in [2.24, 2.45) is 23.7 Å². The third-order valence-electron chi connectivity index (χ3n) is 5.11.